The van der Waals surface area contributed by atoms with Crippen molar-refractivity contribution in [1.29, 1.82) is 0 Å². The van der Waals surface area contributed by atoms with E-state index < -0.39 is 0 Å². The predicted molar refractivity (Wildman–Crippen MR) is 59.0 cm³/mol. The van der Waals surface area contributed by atoms with Crippen molar-refractivity contribution < 1.29 is 21.2 Å². The van der Waals surface area contributed by atoms with Crippen LogP contribution < -0.4 is 21.2 Å². The highest BCUT2D eigenvalue weighted by Crippen LogP contribution is 2.07. The highest BCUT2D eigenvalue weighted by atomic mass is 127. The van der Waals surface area contributed by atoms with Gasteiger partial charge >= 0.3 is 21.2 Å². The number of hydrogen-bond donors (Lipinski definition) is 0. The van der Waals surface area contributed by atoms with Gasteiger partial charge < -0.3 is 0 Å². The lowest BCUT2D eigenvalue weighted by atomic mass is 10.3. The van der Waals surface area contributed by atoms with Crippen LogP contribution in [0.3, 0.4) is 0 Å². The Bertz CT molecular complexity index is 283. The molecule has 1 aromatic rings. The Morgan fingerprint density at radius 3 is 2.64 bits per heavy atom. The lowest BCUT2D eigenvalue weighted by Crippen LogP contribution is -3.59. The maximum Gasteiger partial charge on any atom is 0.350 e. The number of rotatable bonds is 5. The van der Waals surface area contributed by atoms with Gasteiger partial charge in [-0.3, -0.25) is 0 Å². The Kier molecular flexibility index (Phi) is 6.65. The molecule has 0 aromatic heterocycles. The molecule has 0 aliphatic carbocycles. The lowest BCUT2D eigenvalue weighted by Gasteiger charge is -1.89. The third-order valence-electron chi connectivity index (χ3n) is 1.58. The van der Waals surface area contributed by atoms with Crippen molar-refractivity contribution in [3.05, 3.63) is 43.0 Å². The zero-order valence-corrected chi connectivity index (χ0v) is 11.4. The van der Waals surface area contributed by atoms with E-state index in [9.17, 15) is 0 Å². The summed E-state index contributed by atoms with van der Waals surface area (Å²) < 4.78 is 3.57. The summed E-state index contributed by atoms with van der Waals surface area (Å²) in [5.41, 5.74) is 0. The summed E-state index contributed by atoms with van der Waals surface area (Å²) in [6.45, 7) is 0. The van der Waals surface area contributed by atoms with Crippen molar-refractivity contribution in [3.8, 4) is 0 Å². The average Bonchev–Trinajstić information content (AvgIpc) is 2.25. The van der Waals surface area contributed by atoms with E-state index in [0.717, 1.165) is 17.9 Å². The van der Waals surface area contributed by atoms with Gasteiger partial charge in [0, 0.05) is 5.88 Å². The molecule has 0 atom stereocenters. The normalized spacial score (nSPS) is 11.7. The lowest BCUT2D eigenvalue weighted by molar-refractivity contribution is -0.557. The first-order chi connectivity index (χ1) is 6.83. The van der Waals surface area contributed by atoms with Gasteiger partial charge in [0.05, 0.1) is 5.03 Å². The standard InChI is InChI=1S/C11H12Cl2I/c12-8-4-5-10(13)9-14-11-6-2-1-3-7-11/h1-3,6-7,9H,4-5,8H2/q+1/b10-9-. The van der Waals surface area contributed by atoms with Gasteiger partial charge in [0.25, 0.3) is 0 Å². The van der Waals surface area contributed by atoms with Gasteiger partial charge in [0.1, 0.15) is 0 Å². The number of halogens is 3. The molecule has 76 valence electrons. The fourth-order valence-corrected chi connectivity index (χ4v) is 3.28. The van der Waals surface area contributed by atoms with E-state index in [-0.39, 0.29) is 21.2 Å². The zero-order valence-electron chi connectivity index (χ0n) is 7.72. The van der Waals surface area contributed by atoms with Crippen LogP contribution in [0.25, 0.3) is 0 Å². The van der Waals surface area contributed by atoms with Crippen molar-refractivity contribution in [2.45, 2.75) is 12.8 Å². The second-order valence-electron chi connectivity index (χ2n) is 2.75. The van der Waals surface area contributed by atoms with Crippen LogP contribution >= 0.6 is 23.2 Å². The molecule has 1 aromatic carbocycles. The van der Waals surface area contributed by atoms with Crippen LogP contribution in [0.1, 0.15) is 12.8 Å². The molecule has 14 heavy (non-hydrogen) atoms. The molecule has 0 heterocycles. The fourth-order valence-electron chi connectivity index (χ4n) is 0.900. The SMILES string of the molecule is ClCCC/C(Cl)=C/[I+]c1ccccc1. The molecular formula is C11H12Cl2I+. The van der Waals surface area contributed by atoms with Crippen LogP contribution in [0, 0.1) is 3.57 Å². The molecule has 0 saturated heterocycles. The highest BCUT2D eigenvalue weighted by molar-refractivity contribution is 6.29. The molecule has 0 amide bonds. The molecule has 0 bridgehead atoms. The molecule has 0 aliphatic heterocycles. The molecular weight excluding hydrogens is 330 g/mol. The minimum absolute atomic E-state index is 0.0683. The summed E-state index contributed by atoms with van der Waals surface area (Å²) in [7, 11) is 0. The van der Waals surface area contributed by atoms with Crippen molar-refractivity contribution in [1.82, 2.24) is 0 Å². The number of alkyl halides is 1. The van der Waals surface area contributed by atoms with Gasteiger partial charge in [0.15, 0.2) is 7.65 Å². The van der Waals surface area contributed by atoms with Crippen LogP contribution in [-0.4, -0.2) is 5.88 Å². The van der Waals surface area contributed by atoms with Crippen LogP contribution in [-0.2, 0) is 0 Å². The monoisotopic (exact) mass is 341 g/mol. The maximum absolute atomic E-state index is 6.04. The van der Waals surface area contributed by atoms with E-state index >= 15 is 0 Å². The Labute approximate surface area is 106 Å². The molecule has 0 radical (unpaired) electrons. The molecule has 1 rings (SSSR count). The zero-order chi connectivity index (χ0) is 10.2. The van der Waals surface area contributed by atoms with Gasteiger partial charge in [0.2, 0.25) is 0 Å². The predicted octanol–water partition coefficient (Wildman–Crippen LogP) is 1.04. The van der Waals surface area contributed by atoms with Crippen LogP contribution in [0.5, 0.6) is 0 Å². The minimum atomic E-state index is -0.0683. The minimum Gasteiger partial charge on any atom is -0.127 e. The quantitative estimate of drug-likeness (QED) is 0.554. The van der Waals surface area contributed by atoms with E-state index in [2.05, 4.69) is 28.3 Å². The number of hydrogen-bond acceptors (Lipinski definition) is 0. The average molecular weight is 342 g/mol. The van der Waals surface area contributed by atoms with Crippen molar-refractivity contribution >= 4 is 23.2 Å². The third kappa shape index (κ3) is 5.23. The molecule has 0 spiro atoms. The summed E-state index contributed by atoms with van der Waals surface area (Å²) in [4.78, 5) is 0. The van der Waals surface area contributed by atoms with Crippen LogP contribution in [0.15, 0.2) is 39.4 Å². The highest BCUT2D eigenvalue weighted by Gasteiger charge is 2.08. The van der Waals surface area contributed by atoms with Gasteiger partial charge in [-0.05, 0) is 25.0 Å². The van der Waals surface area contributed by atoms with Gasteiger partial charge in [-0.15, -0.1) is 11.6 Å². The number of allylic oxidation sites excluding steroid dienone is 1. The maximum atomic E-state index is 6.04. The van der Waals surface area contributed by atoms with Gasteiger partial charge in [-0.2, -0.15) is 0 Å². The van der Waals surface area contributed by atoms with E-state index in [1.807, 2.05) is 6.07 Å². The topological polar surface area (TPSA) is 0 Å². The van der Waals surface area contributed by atoms with Gasteiger partial charge in [-0.1, -0.05) is 29.8 Å². The Hall–Kier alpha value is 0.270. The Morgan fingerprint density at radius 2 is 2.00 bits per heavy atom. The molecule has 3 heteroatoms. The fraction of sp³-hybridized carbons (Fsp3) is 0.273. The van der Waals surface area contributed by atoms with Crippen molar-refractivity contribution in [2.75, 3.05) is 5.88 Å². The smallest absolute Gasteiger partial charge is 0.127 e. The molecule has 0 unspecified atom stereocenters. The molecule has 0 N–H and O–H groups in total. The summed E-state index contributed by atoms with van der Waals surface area (Å²) in [6.07, 6.45) is 1.88. The second-order valence-corrected chi connectivity index (χ2v) is 6.11. The first-order valence-electron chi connectivity index (χ1n) is 4.42. The van der Waals surface area contributed by atoms with E-state index in [4.69, 9.17) is 23.2 Å². The molecule has 0 fully saturated rings. The summed E-state index contributed by atoms with van der Waals surface area (Å²) in [5, 5.41) is 0.960. The second kappa shape index (κ2) is 7.55. The largest absolute Gasteiger partial charge is 0.350 e. The molecule has 0 saturated carbocycles. The van der Waals surface area contributed by atoms with Crippen LogP contribution in [0.4, 0.5) is 0 Å². The first kappa shape index (κ1) is 12.3. The van der Waals surface area contributed by atoms with E-state index in [1.165, 1.54) is 3.57 Å². The van der Waals surface area contributed by atoms with Crippen molar-refractivity contribution in [3.63, 3.8) is 0 Å². The molecule has 0 aliphatic rings. The third-order valence-corrected chi connectivity index (χ3v) is 5.02. The summed E-state index contributed by atoms with van der Waals surface area (Å²) >= 11 is 11.6. The summed E-state index contributed by atoms with van der Waals surface area (Å²) in [5.74, 6) is 0.688. The first-order valence-corrected chi connectivity index (χ1v) is 7.65. The number of benzene rings is 1. The van der Waals surface area contributed by atoms with E-state index in [1.54, 1.807) is 0 Å². The van der Waals surface area contributed by atoms with Gasteiger partial charge in [-0.25, -0.2) is 0 Å². The summed E-state index contributed by atoms with van der Waals surface area (Å²) in [6, 6.07) is 10.5. The Balaban J connectivity index is 2.39. The van der Waals surface area contributed by atoms with Crippen molar-refractivity contribution in [2.24, 2.45) is 0 Å². The Morgan fingerprint density at radius 1 is 1.29 bits per heavy atom. The molecule has 0 nitrogen and oxygen atoms in total. The van der Waals surface area contributed by atoms with Crippen LogP contribution in [0.2, 0.25) is 0 Å². The van der Waals surface area contributed by atoms with E-state index in [0.29, 0.717) is 5.88 Å².